The Labute approximate surface area is 92.1 Å². The van der Waals surface area contributed by atoms with Crippen LogP contribution in [0.15, 0.2) is 18.2 Å². The molecule has 15 heavy (non-hydrogen) atoms. The Balaban J connectivity index is 2.33. The molecule has 1 aliphatic rings. The lowest BCUT2D eigenvalue weighted by molar-refractivity contribution is 0.625. The Morgan fingerprint density at radius 1 is 1.33 bits per heavy atom. The molecular weight excluding hydrogens is 184 g/mol. The first-order valence-corrected chi connectivity index (χ1v) is 5.71. The van der Waals surface area contributed by atoms with Gasteiger partial charge in [0.15, 0.2) is 0 Å². The summed E-state index contributed by atoms with van der Waals surface area (Å²) >= 11 is 0. The van der Waals surface area contributed by atoms with Crippen LogP contribution < -0.4 is 10.6 Å². The Bertz CT molecular complexity index is 360. The number of para-hydroxylation sites is 1. The van der Waals surface area contributed by atoms with Crippen LogP contribution in [0.5, 0.6) is 0 Å². The van der Waals surface area contributed by atoms with Crippen LogP contribution in [0, 0.1) is 12.8 Å². The van der Waals surface area contributed by atoms with Crippen molar-refractivity contribution in [2.75, 3.05) is 17.2 Å². The quantitative estimate of drug-likeness (QED) is 0.713. The summed E-state index contributed by atoms with van der Waals surface area (Å²) in [5.41, 5.74) is 9.47. The van der Waals surface area contributed by atoms with Gasteiger partial charge in [0.2, 0.25) is 0 Å². The summed E-state index contributed by atoms with van der Waals surface area (Å²) in [5.74, 6) is 0.778. The van der Waals surface area contributed by atoms with Gasteiger partial charge in [0.1, 0.15) is 0 Å². The topological polar surface area (TPSA) is 29.3 Å². The highest BCUT2D eigenvalue weighted by Crippen LogP contribution is 2.33. The molecule has 2 heteroatoms. The normalized spacial score (nSPS) is 25.9. The van der Waals surface area contributed by atoms with E-state index in [1.54, 1.807) is 0 Å². The van der Waals surface area contributed by atoms with E-state index in [0.29, 0.717) is 6.04 Å². The second-order valence-corrected chi connectivity index (χ2v) is 4.85. The number of benzene rings is 1. The second-order valence-electron chi connectivity index (χ2n) is 4.85. The zero-order valence-corrected chi connectivity index (χ0v) is 9.83. The van der Waals surface area contributed by atoms with Crippen molar-refractivity contribution < 1.29 is 0 Å². The van der Waals surface area contributed by atoms with Crippen LogP contribution in [0.4, 0.5) is 11.4 Å². The first kappa shape index (κ1) is 10.3. The fraction of sp³-hybridized carbons (Fsp3) is 0.538. The molecule has 1 heterocycles. The third-order valence-electron chi connectivity index (χ3n) is 3.39. The SMILES string of the molecule is Cc1cccc(N2CC(C)CC2C)c1N. The van der Waals surface area contributed by atoms with Gasteiger partial charge in [-0.1, -0.05) is 19.1 Å². The summed E-state index contributed by atoms with van der Waals surface area (Å²) in [5, 5.41) is 0. The molecule has 1 saturated heterocycles. The number of rotatable bonds is 1. The lowest BCUT2D eigenvalue weighted by atomic mass is 10.1. The zero-order chi connectivity index (χ0) is 11.0. The molecule has 1 fully saturated rings. The fourth-order valence-corrected chi connectivity index (χ4v) is 2.55. The van der Waals surface area contributed by atoms with Crippen LogP contribution >= 0.6 is 0 Å². The Morgan fingerprint density at radius 2 is 2.07 bits per heavy atom. The Hall–Kier alpha value is -1.18. The van der Waals surface area contributed by atoms with Gasteiger partial charge in [-0.2, -0.15) is 0 Å². The van der Waals surface area contributed by atoms with Crippen molar-refractivity contribution in [2.45, 2.75) is 33.2 Å². The molecule has 0 saturated carbocycles. The van der Waals surface area contributed by atoms with Gasteiger partial charge in [0.05, 0.1) is 11.4 Å². The van der Waals surface area contributed by atoms with Gasteiger partial charge in [0.25, 0.3) is 0 Å². The minimum Gasteiger partial charge on any atom is -0.397 e. The fourth-order valence-electron chi connectivity index (χ4n) is 2.55. The molecule has 2 rings (SSSR count). The van der Waals surface area contributed by atoms with E-state index in [4.69, 9.17) is 5.73 Å². The van der Waals surface area contributed by atoms with Gasteiger partial charge in [-0.3, -0.25) is 0 Å². The Morgan fingerprint density at radius 3 is 2.67 bits per heavy atom. The summed E-state index contributed by atoms with van der Waals surface area (Å²) in [6.45, 7) is 7.80. The van der Waals surface area contributed by atoms with Crippen LogP contribution in [0.2, 0.25) is 0 Å². The Kier molecular flexibility index (Phi) is 2.59. The maximum atomic E-state index is 6.13. The number of aryl methyl sites for hydroxylation is 1. The van der Waals surface area contributed by atoms with Crippen molar-refractivity contribution >= 4 is 11.4 Å². The van der Waals surface area contributed by atoms with Crippen LogP contribution in [-0.2, 0) is 0 Å². The van der Waals surface area contributed by atoms with Gasteiger partial charge in [-0.15, -0.1) is 0 Å². The molecule has 2 atom stereocenters. The van der Waals surface area contributed by atoms with E-state index in [1.165, 1.54) is 17.7 Å². The first-order chi connectivity index (χ1) is 7.09. The maximum Gasteiger partial charge on any atom is 0.0605 e. The lowest BCUT2D eigenvalue weighted by Gasteiger charge is -2.26. The van der Waals surface area contributed by atoms with Gasteiger partial charge < -0.3 is 10.6 Å². The highest BCUT2D eigenvalue weighted by molar-refractivity contribution is 5.71. The van der Waals surface area contributed by atoms with Crippen LogP contribution in [0.1, 0.15) is 25.8 Å². The van der Waals surface area contributed by atoms with Crippen molar-refractivity contribution in [2.24, 2.45) is 5.92 Å². The third-order valence-corrected chi connectivity index (χ3v) is 3.39. The zero-order valence-electron chi connectivity index (χ0n) is 9.83. The summed E-state index contributed by atoms with van der Waals surface area (Å²) in [6.07, 6.45) is 1.27. The van der Waals surface area contributed by atoms with E-state index in [-0.39, 0.29) is 0 Å². The average Bonchev–Trinajstić information content (AvgIpc) is 2.50. The van der Waals surface area contributed by atoms with E-state index in [9.17, 15) is 0 Å². The lowest BCUT2D eigenvalue weighted by Crippen LogP contribution is -2.27. The predicted octanol–water partition coefficient (Wildman–Crippen LogP) is 2.81. The van der Waals surface area contributed by atoms with Gasteiger partial charge in [0, 0.05) is 12.6 Å². The molecule has 0 spiro atoms. The molecule has 2 N–H and O–H groups in total. The van der Waals surface area contributed by atoms with E-state index < -0.39 is 0 Å². The maximum absolute atomic E-state index is 6.13. The van der Waals surface area contributed by atoms with Crippen molar-refractivity contribution in [3.05, 3.63) is 23.8 Å². The summed E-state index contributed by atoms with van der Waals surface area (Å²) in [7, 11) is 0. The summed E-state index contributed by atoms with van der Waals surface area (Å²) < 4.78 is 0. The van der Waals surface area contributed by atoms with Gasteiger partial charge >= 0.3 is 0 Å². The number of nitrogens with zero attached hydrogens (tertiary/aromatic N) is 1. The first-order valence-electron chi connectivity index (χ1n) is 5.71. The molecule has 1 aliphatic heterocycles. The molecule has 0 aliphatic carbocycles. The monoisotopic (exact) mass is 204 g/mol. The second kappa shape index (κ2) is 3.76. The van der Waals surface area contributed by atoms with Gasteiger partial charge in [-0.25, -0.2) is 0 Å². The molecule has 0 aromatic heterocycles. The van der Waals surface area contributed by atoms with E-state index in [2.05, 4.69) is 43.9 Å². The molecule has 0 bridgehead atoms. The van der Waals surface area contributed by atoms with Crippen molar-refractivity contribution in [1.29, 1.82) is 0 Å². The predicted molar refractivity (Wildman–Crippen MR) is 66.2 cm³/mol. The van der Waals surface area contributed by atoms with E-state index in [1.807, 2.05) is 0 Å². The third kappa shape index (κ3) is 1.81. The number of anilines is 2. The molecule has 0 amide bonds. The number of nitrogen functional groups attached to an aromatic ring is 1. The van der Waals surface area contributed by atoms with E-state index in [0.717, 1.165) is 18.2 Å². The highest BCUT2D eigenvalue weighted by atomic mass is 15.2. The minimum absolute atomic E-state index is 0.615. The highest BCUT2D eigenvalue weighted by Gasteiger charge is 2.27. The largest absolute Gasteiger partial charge is 0.397 e. The number of nitrogens with two attached hydrogens (primary N) is 1. The van der Waals surface area contributed by atoms with Crippen molar-refractivity contribution in [3.63, 3.8) is 0 Å². The minimum atomic E-state index is 0.615. The molecular formula is C13H20N2. The molecule has 0 radical (unpaired) electrons. The number of hydrogen-bond acceptors (Lipinski definition) is 2. The molecule has 2 nitrogen and oxygen atoms in total. The van der Waals surface area contributed by atoms with Crippen LogP contribution in [0.25, 0.3) is 0 Å². The molecule has 1 aromatic rings. The summed E-state index contributed by atoms with van der Waals surface area (Å²) in [4.78, 5) is 2.44. The molecule has 1 aromatic carbocycles. The summed E-state index contributed by atoms with van der Waals surface area (Å²) in [6, 6.07) is 6.92. The molecule has 2 unspecified atom stereocenters. The van der Waals surface area contributed by atoms with Crippen LogP contribution in [-0.4, -0.2) is 12.6 Å². The smallest absolute Gasteiger partial charge is 0.0605 e. The van der Waals surface area contributed by atoms with Gasteiger partial charge in [-0.05, 0) is 37.8 Å². The van der Waals surface area contributed by atoms with Crippen molar-refractivity contribution in [1.82, 2.24) is 0 Å². The standard InChI is InChI=1S/C13H20N2/c1-9-7-11(3)15(8-9)12-6-4-5-10(2)13(12)14/h4-6,9,11H,7-8,14H2,1-3H3. The van der Waals surface area contributed by atoms with Crippen molar-refractivity contribution in [3.8, 4) is 0 Å². The average molecular weight is 204 g/mol. The van der Waals surface area contributed by atoms with Crippen LogP contribution in [0.3, 0.4) is 0 Å². The number of hydrogen-bond donors (Lipinski definition) is 1. The molecule has 82 valence electrons. The van der Waals surface area contributed by atoms with E-state index >= 15 is 0 Å².